The number of likely N-dealkylation sites (tertiary alicyclic amines) is 1. The van der Waals surface area contributed by atoms with Crippen molar-refractivity contribution in [2.75, 3.05) is 11.9 Å². The average molecular weight is 318 g/mol. The van der Waals surface area contributed by atoms with Crippen molar-refractivity contribution in [3.63, 3.8) is 0 Å². The number of nitrogens with two attached hydrogens (primary N) is 1. The van der Waals surface area contributed by atoms with E-state index in [2.05, 4.69) is 5.32 Å². The van der Waals surface area contributed by atoms with Gasteiger partial charge in [0.15, 0.2) is 0 Å². The highest BCUT2D eigenvalue weighted by Crippen LogP contribution is 2.26. The zero-order chi connectivity index (χ0) is 14.9. The van der Waals surface area contributed by atoms with Crippen LogP contribution in [0.1, 0.15) is 6.42 Å². The number of halogens is 2. The lowest BCUT2D eigenvalue weighted by Crippen LogP contribution is -2.45. The van der Waals surface area contributed by atoms with Crippen molar-refractivity contribution in [2.45, 2.75) is 18.6 Å². The van der Waals surface area contributed by atoms with Gasteiger partial charge in [0, 0.05) is 18.7 Å². The molecule has 1 fully saturated rings. The molecule has 1 aliphatic rings. The van der Waals surface area contributed by atoms with Gasteiger partial charge in [-0.15, -0.1) is 0 Å². The maximum Gasteiger partial charge on any atom is 0.315 e. The quantitative estimate of drug-likeness (QED) is 0.770. The van der Waals surface area contributed by atoms with Gasteiger partial charge in [-0.05, 0) is 18.2 Å². The molecule has 108 valence electrons. The number of amides is 3. The average Bonchev–Trinajstić information content (AvgIpc) is 2.76. The Kier molecular flexibility index (Phi) is 4.37. The maximum absolute atomic E-state index is 12.1. The van der Waals surface area contributed by atoms with Crippen LogP contribution in [0.3, 0.4) is 0 Å². The fraction of sp³-hybridized carbons (Fsp3) is 0.333. The van der Waals surface area contributed by atoms with Crippen LogP contribution in [0.4, 0.5) is 10.5 Å². The molecule has 2 rings (SSSR count). The lowest BCUT2D eigenvalue weighted by molar-refractivity contribution is -0.119. The number of carbonyl (C=O) groups excluding carboxylic acids is 2. The van der Waals surface area contributed by atoms with E-state index in [4.69, 9.17) is 28.9 Å². The second kappa shape index (κ2) is 5.87. The second-order valence-corrected chi connectivity index (χ2v) is 5.33. The SMILES string of the molecule is NC(=O)N1C[C@@H](O)C[C@@H]1C(=O)Nc1ccc(Cl)c(Cl)c1. The van der Waals surface area contributed by atoms with Gasteiger partial charge in [0.05, 0.1) is 16.1 Å². The Hall–Kier alpha value is -1.50. The summed E-state index contributed by atoms with van der Waals surface area (Å²) in [5.41, 5.74) is 5.64. The number of aliphatic hydroxyl groups is 1. The van der Waals surface area contributed by atoms with Gasteiger partial charge in [-0.1, -0.05) is 23.2 Å². The van der Waals surface area contributed by atoms with Crippen molar-refractivity contribution in [1.29, 1.82) is 0 Å². The first-order chi connectivity index (χ1) is 9.38. The molecule has 3 amide bonds. The summed E-state index contributed by atoms with van der Waals surface area (Å²) in [6.07, 6.45) is -0.608. The predicted molar refractivity (Wildman–Crippen MR) is 75.8 cm³/mol. The Labute approximate surface area is 125 Å². The molecule has 0 aromatic heterocycles. The molecule has 1 saturated heterocycles. The minimum absolute atomic E-state index is 0.0504. The van der Waals surface area contributed by atoms with E-state index in [1.807, 2.05) is 0 Å². The zero-order valence-corrected chi connectivity index (χ0v) is 11.9. The van der Waals surface area contributed by atoms with Crippen LogP contribution in [0.15, 0.2) is 18.2 Å². The van der Waals surface area contributed by atoms with Crippen LogP contribution in [0, 0.1) is 0 Å². The topological polar surface area (TPSA) is 95.7 Å². The summed E-state index contributed by atoms with van der Waals surface area (Å²) >= 11 is 11.6. The summed E-state index contributed by atoms with van der Waals surface area (Å²) in [6, 6.07) is 3.11. The van der Waals surface area contributed by atoms with Gasteiger partial charge in [0.25, 0.3) is 0 Å². The molecule has 2 atom stereocenters. The summed E-state index contributed by atoms with van der Waals surface area (Å²) in [5.74, 6) is -0.432. The van der Waals surface area contributed by atoms with Gasteiger partial charge >= 0.3 is 6.03 Å². The number of carbonyl (C=O) groups is 2. The van der Waals surface area contributed by atoms with Crippen LogP contribution in [0.5, 0.6) is 0 Å². The van der Waals surface area contributed by atoms with Gasteiger partial charge in [-0.25, -0.2) is 4.79 Å². The molecule has 1 heterocycles. The highest BCUT2D eigenvalue weighted by molar-refractivity contribution is 6.42. The van der Waals surface area contributed by atoms with Crippen LogP contribution in [0.2, 0.25) is 10.0 Å². The maximum atomic E-state index is 12.1. The lowest BCUT2D eigenvalue weighted by atomic mass is 10.2. The number of aliphatic hydroxyl groups excluding tert-OH is 1. The molecule has 0 unspecified atom stereocenters. The first-order valence-corrected chi connectivity index (χ1v) is 6.64. The third-order valence-electron chi connectivity index (χ3n) is 3.05. The zero-order valence-electron chi connectivity index (χ0n) is 10.3. The summed E-state index contributed by atoms with van der Waals surface area (Å²) in [5, 5.41) is 12.8. The summed E-state index contributed by atoms with van der Waals surface area (Å²) < 4.78 is 0. The molecule has 1 aromatic carbocycles. The largest absolute Gasteiger partial charge is 0.391 e. The predicted octanol–water partition coefficient (Wildman–Crippen LogP) is 1.45. The number of hydrogen-bond acceptors (Lipinski definition) is 3. The van der Waals surface area contributed by atoms with E-state index >= 15 is 0 Å². The Balaban J connectivity index is 2.11. The van der Waals surface area contributed by atoms with E-state index < -0.39 is 24.1 Å². The van der Waals surface area contributed by atoms with E-state index in [1.165, 1.54) is 6.07 Å². The molecule has 0 bridgehead atoms. The van der Waals surface area contributed by atoms with E-state index in [1.54, 1.807) is 12.1 Å². The van der Waals surface area contributed by atoms with Gasteiger partial charge < -0.3 is 21.1 Å². The highest BCUT2D eigenvalue weighted by Gasteiger charge is 2.38. The Morgan fingerprint density at radius 3 is 2.65 bits per heavy atom. The molecule has 0 radical (unpaired) electrons. The smallest absolute Gasteiger partial charge is 0.315 e. The first kappa shape index (κ1) is 14.9. The fourth-order valence-electron chi connectivity index (χ4n) is 2.11. The normalized spacial score (nSPS) is 21.9. The molecule has 1 aliphatic heterocycles. The number of benzene rings is 1. The van der Waals surface area contributed by atoms with Crippen LogP contribution in [-0.2, 0) is 4.79 Å². The van der Waals surface area contributed by atoms with Crippen molar-refractivity contribution in [3.05, 3.63) is 28.2 Å². The summed E-state index contributed by atoms with van der Waals surface area (Å²) in [6.45, 7) is 0.0504. The van der Waals surface area contributed by atoms with Gasteiger partial charge in [0.1, 0.15) is 6.04 Å². The monoisotopic (exact) mass is 317 g/mol. The minimum atomic E-state index is -0.794. The van der Waals surface area contributed by atoms with Crippen LogP contribution in [-0.4, -0.2) is 40.6 Å². The number of anilines is 1. The molecule has 6 nitrogen and oxygen atoms in total. The lowest BCUT2D eigenvalue weighted by Gasteiger charge is -2.21. The Morgan fingerprint density at radius 1 is 1.35 bits per heavy atom. The van der Waals surface area contributed by atoms with E-state index in [0.29, 0.717) is 15.7 Å². The van der Waals surface area contributed by atoms with Crippen molar-refractivity contribution in [1.82, 2.24) is 4.90 Å². The Bertz CT molecular complexity index is 553. The number of rotatable bonds is 2. The van der Waals surface area contributed by atoms with Crippen molar-refractivity contribution >= 4 is 40.8 Å². The highest BCUT2D eigenvalue weighted by atomic mass is 35.5. The fourth-order valence-corrected chi connectivity index (χ4v) is 2.40. The number of β-amino-alcohol motifs (C(OH)–C–C–N with tert-alkyl or cyclic N) is 1. The molecule has 0 spiro atoms. The molecule has 1 aromatic rings. The number of primary amides is 1. The van der Waals surface area contributed by atoms with Crippen molar-refractivity contribution < 1.29 is 14.7 Å². The molecule has 20 heavy (non-hydrogen) atoms. The number of nitrogens with one attached hydrogen (secondary N) is 1. The number of nitrogens with zero attached hydrogens (tertiary/aromatic N) is 1. The van der Waals surface area contributed by atoms with Crippen LogP contribution < -0.4 is 11.1 Å². The molecule has 0 saturated carbocycles. The third kappa shape index (κ3) is 3.15. The molecular weight excluding hydrogens is 305 g/mol. The van der Waals surface area contributed by atoms with Gasteiger partial charge in [0.2, 0.25) is 5.91 Å². The summed E-state index contributed by atoms with van der Waals surface area (Å²) in [7, 11) is 0. The standard InChI is InChI=1S/C12H13Cl2N3O3/c13-8-2-1-6(3-9(8)14)16-11(19)10-4-7(18)5-17(10)12(15)20/h1-3,7,10,18H,4-5H2,(H2,15,20)(H,16,19)/t7-,10+/m0/s1. The molecule has 8 heteroatoms. The van der Waals surface area contributed by atoms with E-state index in [-0.39, 0.29) is 13.0 Å². The molecule has 4 N–H and O–H groups in total. The van der Waals surface area contributed by atoms with E-state index in [0.717, 1.165) is 4.90 Å². The minimum Gasteiger partial charge on any atom is -0.391 e. The number of hydrogen-bond donors (Lipinski definition) is 3. The van der Waals surface area contributed by atoms with Crippen molar-refractivity contribution in [2.24, 2.45) is 5.73 Å². The Morgan fingerprint density at radius 2 is 2.05 bits per heavy atom. The van der Waals surface area contributed by atoms with Crippen LogP contribution >= 0.6 is 23.2 Å². The van der Waals surface area contributed by atoms with Crippen LogP contribution in [0.25, 0.3) is 0 Å². The molecule has 0 aliphatic carbocycles. The third-order valence-corrected chi connectivity index (χ3v) is 3.79. The van der Waals surface area contributed by atoms with Gasteiger partial charge in [-0.2, -0.15) is 0 Å². The first-order valence-electron chi connectivity index (χ1n) is 5.88. The van der Waals surface area contributed by atoms with E-state index in [9.17, 15) is 14.7 Å². The number of urea groups is 1. The van der Waals surface area contributed by atoms with Gasteiger partial charge in [-0.3, -0.25) is 4.79 Å². The molecular formula is C12H13Cl2N3O3. The second-order valence-electron chi connectivity index (χ2n) is 4.51. The summed E-state index contributed by atoms with van der Waals surface area (Å²) in [4.78, 5) is 24.5. The van der Waals surface area contributed by atoms with Crippen molar-refractivity contribution in [3.8, 4) is 0 Å².